The van der Waals surface area contributed by atoms with Gasteiger partial charge in [0, 0.05) is 32.2 Å². The lowest BCUT2D eigenvalue weighted by molar-refractivity contribution is 0.208. The molecule has 0 bridgehead atoms. The van der Waals surface area contributed by atoms with Crippen molar-refractivity contribution in [1.82, 2.24) is 9.80 Å². The molecule has 0 aromatic heterocycles. The van der Waals surface area contributed by atoms with E-state index >= 15 is 0 Å². The van der Waals surface area contributed by atoms with Crippen LogP contribution in [0.1, 0.15) is 18.0 Å². The lowest BCUT2D eigenvalue weighted by atomic mass is 10.1. The van der Waals surface area contributed by atoms with Crippen LogP contribution in [0.4, 0.5) is 0 Å². The smallest absolute Gasteiger partial charge is 0.0595 e. The van der Waals surface area contributed by atoms with E-state index in [0.717, 1.165) is 31.7 Å². The van der Waals surface area contributed by atoms with Gasteiger partial charge in [0.25, 0.3) is 0 Å². The number of benzene rings is 1. The average molecular weight is 302 g/mol. The van der Waals surface area contributed by atoms with Crippen molar-refractivity contribution in [2.24, 2.45) is 5.73 Å². The molecule has 106 valence electrons. The Bertz CT molecular complexity index is 425. The zero-order valence-electron chi connectivity index (χ0n) is 11.3. The summed E-state index contributed by atoms with van der Waals surface area (Å²) in [7, 11) is 2.17. The maximum atomic E-state index is 6.11. The Morgan fingerprint density at radius 3 is 2.63 bits per heavy atom. The van der Waals surface area contributed by atoms with E-state index in [-0.39, 0.29) is 6.04 Å². The maximum Gasteiger partial charge on any atom is 0.0595 e. The predicted molar refractivity (Wildman–Crippen MR) is 81.9 cm³/mol. The molecule has 1 saturated heterocycles. The third kappa shape index (κ3) is 3.83. The number of nitrogens with two attached hydrogens (primary N) is 1. The van der Waals surface area contributed by atoms with Crippen LogP contribution in [0.2, 0.25) is 10.0 Å². The molecule has 0 radical (unpaired) electrons. The van der Waals surface area contributed by atoms with E-state index < -0.39 is 0 Å². The van der Waals surface area contributed by atoms with Crippen LogP contribution in [0.15, 0.2) is 18.2 Å². The molecule has 1 aliphatic rings. The van der Waals surface area contributed by atoms with E-state index in [0.29, 0.717) is 16.6 Å². The quantitative estimate of drug-likeness (QED) is 0.931. The Morgan fingerprint density at radius 1 is 1.16 bits per heavy atom. The summed E-state index contributed by atoms with van der Waals surface area (Å²) in [6, 6.07) is 6.05. The fourth-order valence-corrected chi connectivity index (χ4v) is 2.90. The van der Waals surface area contributed by atoms with Gasteiger partial charge in [-0.15, -0.1) is 0 Å². The van der Waals surface area contributed by atoms with E-state index in [4.69, 9.17) is 28.9 Å². The highest BCUT2D eigenvalue weighted by molar-refractivity contribution is 6.42. The normalized spacial score (nSPS) is 20.2. The lowest BCUT2D eigenvalue weighted by Gasteiger charge is -2.30. The zero-order valence-corrected chi connectivity index (χ0v) is 12.8. The first-order chi connectivity index (χ1) is 9.11. The van der Waals surface area contributed by atoms with Crippen molar-refractivity contribution in [3.8, 4) is 0 Å². The van der Waals surface area contributed by atoms with Crippen LogP contribution < -0.4 is 5.73 Å². The molecule has 2 N–H and O–H groups in total. The van der Waals surface area contributed by atoms with Crippen LogP contribution in [0.3, 0.4) is 0 Å². The predicted octanol–water partition coefficient (Wildman–Crippen LogP) is 2.63. The Hall–Kier alpha value is -0.320. The van der Waals surface area contributed by atoms with Crippen LogP contribution in [-0.4, -0.2) is 49.6 Å². The van der Waals surface area contributed by atoms with Gasteiger partial charge in [-0.2, -0.15) is 0 Å². The molecular weight excluding hydrogens is 281 g/mol. The van der Waals surface area contributed by atoms with Gasteiger partial charge in [0.05, 0.1) is 10.0 Å². The molecular formula is C14H21Cl2N3. The summed E-state index contributed by atoms with van der Waals surface area (Å²) < 4.78 is 0. The standard InChI is InChI=1S/C14H21Cl2N3/c1-18-5-2-6-19(8-7-18)14(10-17)11-3-4-12(15)13(16)9-11/h3-4,9,14H,2,5-8,10,17H2,1H3. The second-order valence-electron chi connectivity index (χ2n) is 5.12. The third-order valence-electron chi connectivity index (χ3n) is 3.75. The second kappa shape index (κ2) is 6.91. The van der Waals surface area contributed by atoms with Crippen molar-refractivity contribution < 1.29 is 0 Å². The van der Waals surface area contributed by atoms with Gasteiger partial charge in [0.1, 0.15) is 0 Å². The van der Waals surface area contributed by atoms with Crippen LogP contribution >= 0.6 is 23.2 Å². The fraction of sp³-hybridized carbons (Fsp3) is 0.571. The summed E-state index contributed by atoms with van der Waals surface area (Å²) in [6.45, 7) is 4.94. The molecule has 0 aliphatic carbocycles. The Kier molecular flexibility index (Phi) is 5.48. The average Bonchev–Trinajstić information content (AvgIpc) is 2.60. The number of halogens is 2. The molecule has 0 saturated carbocycles. The molecule has 1 aromatic rings. The molecule has 1 aromatic carbocycles. The van der Waals surface area contributed by atoms with E-state index in [1.54, 1.807) is 0 Å². The van der Waals surface area contributed by atoms with Crippen molar-refractivity contribution in [3.05, 3.63) is 33.8 Å². The minimum atomic E-state index is 0.223. The van der Waals surface area contributed by atoms with E-state index in [2.05, 4.69) is 16.8 Å². The minimum Gasteiger partial charge on any atom is -0.329 e. The van der Waals surface area contributed by atoms with Crippen molar-refractivity contribution in [2.45, 2.75) is 12.5 Å². The number of nitrogens with zero attached hydrogens (tertiary/aromatic N) is 2. The number of hydrogen-bond acceptors (Lipinski definition) is 3. The van der Waals surface area contributed by atoms with E-state index in [1.165, 1.54) is 6.42 Å². The summed E-state index contributed by atoms with van der Waals surface area (Å²) >= 11 is 12.1. The number of likely N-dealkylation sites (N-methyl/N-ethyl adjacent to an activating group) is 1. The maximum absolute atomic E-state index is 6.11. The fourth-order valence-electron chi connectivity index (χ4n) is 2.59. The molecule has 1 atom stereocenters. The molecule has 5 heteroatoms. The molecule has 19 heavy (non-hydrogen) atoms. The monoisotopic (exact) mass is 301 g/mol. The van der Waals surface area contributed by atoms with Crippen LogP contribution in [0.25, 0.3) is 0 Å². The van der Waals surface area contributed by atoms with Gasteiger partial charge < -0.3 is 10.6 Å². The van der Waals surface area contributed by atoms with Gasteiger partial charge in [0.15, 0.2) is 0 Å². The minimum absolute atomic E-state index is 0.223. The van der Waals surface area contributed by atoms with Crippen LogP contribution in [0, 0.1) is 0 Å². The summed E-state index contributed by atoms with van der Waals surface area (Å²) in [4.78, 5) is 4.81. The summed E-state index contributed by atoms with van der Waals surface area (Å²) in [5, 5.41) is 1.20. The topological polar surface area (TPSA) is 32.5 Å². The number of hydrogen-bond donors (Lipinski definition) is 1. The Morgan fingerprint density at radius 2 is 1.95 bits per heavy atom. The van der Waals surface area contributed by atoms with Gasteiger partial charge in [-0.1, -0.05) is 29.3 Å². The molecule has 1 fully saturated rings. The number of rotatable bonds is 3. The third-order valence-corrected chi connectivity index (χ3v) is 4.49. The summed E-state index contributed by atoms with van der Waals surface area (Å²) in [5.41, 5.74) is 7.13. The highest BCUT2D eigenvalue weighted by Gasteiger charge is 2.21. The molecule has 0 spiro atoms. The van der Waals surface area contributed by atoms with Crippen LogP contribution in [0.5, 0.6) is 0 Å². The van der Waals surface area contributed by atoms with E-state index in [9.17, 15) is 0 Å². The van der Waals surface area contributed by atoms with Gasteiger partial charge in [0.2, 0.25) is 0 Å². The molecule has 1 unspecified atom stereocenters. The van der Waals surface area contributed by atoms with Crippen molar-refractivity contribution in [2.75, 3.05) is 39.8 Å². The van der Waals surface area contributed by atoms with Gasteiger partial charge >= 0.3 is 0 Å². The first kappa shape index (κ1) is 15.1. The van der Waals surface area contributed by atoms with Crippen molar-refractivity contribution in [1.29, 1.82) is 0 Å². The second-order valence-corrected chi connectivity index (χ2v) is 5.93. The Labute approximate surface area is 125 Å². The lowest BCUT2D eigenvalue weighted by Crippen LogP contribution is -2.36. The molecule has 1 heterocycles. The highest BCUT2D eigenvalue weighted by atomic mass is 35.5. The molecule has 0 amide bonds. The zero-order chi connectivity index (χ0) is 13.8. The first-order valence-electron chi connectivity index (χ1n) is 6.69. The summed E-state index contributed by atoms with van der Waals surface area (Å²) in [5.74, 6) is 0. The van der Waals surface area contributed by atoms with Gasteiger partial charge in [-0.25, -0.2) is 0 Å². The molecule has 1 aliphatic heterocycles. The molecule has 3 nitrogen and oxygen atoms in total. The van der Waals surface area contributed by atoms with Crippen molar-refractivity contribution in [3.63, 3.8) is 0 Å². The van der Waals surface area contributed by atoms with Crippen LogP contribution in [-0.2, 0) is 0 Å². The molecule has 2 rings (SSSR count). The van der Waals surface area contributed by atoms with E-state index in [1.807, 2.05) is 18.2 Å². The first-order valence-corrected chi connectivity index (χ1v) is 7.45. The largest absolute Gasteiger partial charge is 0.329 e. The van der Waals surface area contributed by atoms with Crippen molar-refractivity contribution >= 4 is 23.2 Å². The SMILES string of the molecule is CN1CCCN(C(CN)c2ccc(Cl)c(Cl)c2)CC1. The van der Waals surface area contributed by atoms with Gasteiger partial charge in [-0.05, 0) is 37.7 Å². The summed E-state index contributed by atoms with van der Waals surface area (Å²) in [6.07, 6.45) is 1.17. The Balaban J connectivity index is 2.16. The van der Waals surface area contributed by atoms with Gasteiger partial charge in [-0.3, -0.25) is 4.90 Å². The highest BCUT2D eigenvalue weighted by Crippen LogP contribution is 2.28.